The van der Waals surface area contributed by atoms with Gasteiger partial charge in [-0.05, 0) is 28.5 Å². The van der Waals surface area contributed by atoms with Gasteiger partial charge in [0, 0.05) is 12.3 Å². The molecular formula is C11H8N6O4. The Hall–Kier alpha value is -3.27. The molecule has 2 heterocycles. The zero-order valence-corrected chi connectivity index (χ0v) is 10.4. The molecule has 0 spiro atoms. The highest BCUT2D eigenvalue weighted by Crippen LogP contribution is 2.28. The van der Waals surface area contributed by atoms with E-state index in [0.29, 0.717) is 5.69 Å². The van der Waals surface area contributed by atoms with Crippen LogP contribution in [-0.2, 0) is 0 Å². The minimum absolute atomic E-state index is 0.00491. The van der Waals surface area contributed by atoms with Crippen molar-refractivity contribution in [1.29, 1.82) is 0 Å². The molecule has 0 radical (unpaired) electrons. The number of nitro benzene ring substituents is 1. The summed E-state index contributed by atoms with van der Waals surface area (Å²) in [5, 5.41) is 18.1. The highest BCUT2D eigenvalue weighted by Gasteiger charge is 2.22. The van der Waals surface area contributed by atoms with E-state index in [-0.39, 0.29) is 22.4 Å². The summed E-state index contributed by atoms with van der Waals surface area (Å²) >= 11 is 0. The molecule has 3 rings (SSSR count). The number of aromatic nitrogens is 3. The molecule has 21 heavy (non-hydrogen) atoms. The lowest BCUT2D eigenvalue weighted by Gasteiger charge is -2.07. The fourth-order valence-electron chi connectivity index (χ4n) is 2.03. The molecule has 106 valence electrons. The van der Waals surface area contributed by atoms with Crippen molar-refractivity contribution in [2.75, 3.05) is 0 Å². The van der Waals surface area contributed by atoms with Crippen LogP contribution in [0.1, 0.15) is 10.5 Å². The third-order valence-electron chi connectivity index (χ3n) is 2.94. The number of hydrogen-bond acceptors (Lipinski definition) is 7. The predicted octanol–water partition coefficient (Wildman–Crippen LogP) is 0.525. The average Bonchev–Trinajstić information content (AvgIpc) is 3.13. The van der Waals surface area contributed by atoms with E-state index < -0.39 is 10.8 Å². The van der Waals surface area contributed by atoms with Gasteiger partial charge in [0.15, 0.2) is 5.52 Å². The van der Waals surface area contributed by atoms with Crippen molar-refractivity contribution in [3.63, 3.8) is 0 Å². The van der Waals surface area contributed by atoms with Crippen molar-refractivity contribution < 1.29 is 14.3 Å². The van der Waals surface area contributed by atoms with E-state index in [1.54, 1.807) is 18.3 Å². The Morgan fingerprint density at radius 3 is 2.81 bits per heavy atom. The van der Waals surface area contributed by atoms with Crippen LogP contribution < -0.4 is 11.3 Å². The molecule has 0 fully saturated rings. The van der Waals surface area contributed by atoms with E-state index >= 15 is 0 Å². The molecule has 0 atom stereocenters. The minimum Gasteiger partial charge on any atom is -0.310 e. The van der Waals surface area contributed by atoms with Gasteiger partial charge in [-0.25, -0.2) is 10.5 Å². The van der Waals surface area contributed by atoms with Gasteiger partial charge in [-0.15, -0.1) is 0 Å². The molecule has 3 aromatic rings. The van der Waals surface area contributed by atoms with Crippen LogP contribution in [0, 0.1) is 10.1 Å². The first kappa shape index (κ1) is 12.7. The van der Waals surface area contributed by atoms with Gasteiger partial charge >= 0.3 is 5.69 Å². The summed E-state index contributed by atoms with van der Waals surface area (Å²) in [4.78, 5) is 22.1. The molecule has 3 N–H and O–H groups in total. The Labute approximate surface area is 116 Å². The molecule has 2 aromatic heterocycles. The Bertz CT molecular complexity index is 851. The second-order valence-corrected chi connectivity index (χ2v) is 4.06. The molecule has 1 amide bonds. The van der Waals surface area contributed by atoms with Crippen LogP contribution in [0.3, 0.4) is 0 Å². The van der Waals surface area contributed by atoms with Gasteiger partial charge in [-0.3, -0.25) is 20.3 Å². The van der Waals surface area contributed by atoms with E-state index in [0.717, 1.165) is 0 Å². The first-order chi connectivity index (χ1) is 10.1. The summed E-state index contributed by atoms with van der Waals surface area (Å²) < 4.78 is 6.06. The SMILES string of the molecule is NNC(=O)c1cccn1-c1ccc([N+](=O)[O-])c2nonc12. The van der Waals surface area contributed by atoms with Gasteiger partial charge in [-0.1, -0.05) is 0 Å². The number of nitrogens with zero attached hydrogens (tertiary/aromatic N) is 4. The zero-order valence-electron chi connectivity index (χ0n) is 10.4. The second-order valence-electron chi connectivity index (χ2n) is 4.06. The summed E-state index contributed by atoms with van der Waals surface area (Å²) in [5.41, 5.74) is 2.63. The Morgan fingerprint density at radius 1 is 1.33 bits per heavy atom. The van der Waals surface area contributed by atoms with E-state index in [4.69, 9.17) is 5.84 Å². The van der Waals surface area contributed by atoms with Gasteiger partial charge in [0.05, 0.1) is 10.6 Å². The molecular weight excluding hydrogens is 280 g/mol. The molecule has 1 aromatic carbocycles. The fraction of sp³-hybridized carbons (Fsp3) is 0. The first-order valence-electron chi connectivity index (χ1n) is 5.72. The maximum atomic E-state index is 11.7. The van der Waals surface area contributed by atoms with Gasteiger partial charge in [0.1, 0.15) is 5.69 Å². The molecule has 0 aliphatic heterocycles. The predicted molar refractivity (Wildman–Crippen MR) is 69.4 cm³/mol. The normalized spacial score (nSPS) is 10.7. The number of amides is 1. The highest BCUT2D eigenvalue weighted by molar-refractivity contribution is 5.95. The second kappa shape index (κ2) is 4.68. The summed E-state index contributed by atoms with van der Waals surface area (Å²) in [5.74, 6) is 4.61. The van der Waals surface area contributed by atoms with Crippen molar-refractivity contribution in [2.45, 2.75) is 0 Å². The first-order valence-corrected chi connectivity index (χ1v) is 5.72. The van der Waals surface area contributed by atoms with Crippen molar-refractivity contribution in [2.24, 2.45) is 5.84 Å². The molecule has 0 unspecified atom stereocenters. The zero-order chi connectivity index (χ0) is 15.0. The van der Waals surface area contributed by atoms with Gasteiger partial charge in [-0.2, -0.15) is 0 Å². The lowest BCUT2D eigenvalue weighted by molar-refractivity contribution is -0.383. The van der Waals surface area contributed by atoms with Crippen molar-refractivity contribution >= 4 is 22.6 Å². The van der Waals surface area contributed by atoms with Crippen LogP contribution in [0.15, 0.2) is 35.1 Å². The third-order valence-corrected chi connectivity index (χ3v) is 2.94. The number of carbonyl (C=O) groups is 1. The molecule has 0 saturated heterocycles. The third kappa shape index (κ3) is 1.90. The number of nitro groups is 1. The number of hydrazine groups is 1. The Morgan fingerprint density at radius 2 is 2.10 bits per heavy atom. The lowest BCUT2D eigenvalue weighted by atomic mass is 10.2. The van der Waals surface area contributed by atoms with Crippen LogP contribution in [0.2, 0.25) is 0 Å². The maximum absolute atomic E-state index is 11.7. The quantitative estimate of drug-likeness (QED) is 0.309. The molecule has 0 aliphatic rings. The largest absolute Gasteiger partial charge is 0.310 e. The minimum atomic E-state index is -0.584. The van der Waals surface area contributed by atoms with Crippen LogP contribution in [0.5, 0.6) is 0 Å². The number of nitrogens with two attached hydrogens (primary N) is 1. The number of nitrogen functional groups attached to an aromatic ring is 1. The van der Waals surface area contributed by atoms with Crippen LogP contribution in [0.25, 0.3) is 16.7 Å². The van der Waals surface area contributed by atoms with E-state index in [2.05, 4.69) is 14.9 Å². The Balaban J connectivity index is 2.26. The van der Waals surface area contributed by atoms with Gasteiger partial charge < -0.3 is 4.57 Å². The Kier molecular flexibility index (Phi) is 2.84. The van der Waals surface area contributed by atoms with Crippen LogP contribution in [0.4, 0.5) is 5.69 Å². The maximum Gasteiger partial charge on any atom is 0.300 e. The number of fused-ring (bicyclic) bond motifs is 1. The number of carbonyl (C=O) groups excluding carboxylic acids is 1. The van der Waals surface area contributed by atoms with Gasteiger partial charge in [0.25, 0.3) is 5.91 Å². The van der Waals surface area contributed by atoms with Crippen LogP contribution >= 0.6 is 0 Å². The summed E-state index contributed by atoms with van der Waals surface area (Å²) in [6, 6.07) is 5.90. The standard InChI is InChI=1S/C11H8N6O4/c12-13-11(18)8-2-1-5-16(8)6-3-4-7(17(19)20)10-9(6)14-21-15-10/h1-5H,12H2,(H,13,18). The molecule has 0 bridgehead atoms. The molecule has 10 heteroatoms. The molecule has 0 saturated carbocycles. The summed E-state index contributed by atoms with van der Waals surface area (Å²) in [6.45, 7) is 0. The lowest BCUT2D eigenvalue weighted by Crippen LogP contribution is -2.31. The van der Waals surface area contributed by atoms with E-state index in [1.165, 1.54) is 16.7 Å². The van der Waals surface area contributed by atoms with Gasteiger partial charge in [0.2, 0.25) is 5.52 Å². The fourth-order valence-corrected chi connectivity index (χ4v) is 2.03. The summed E-state index contributed by atoms with van der Waals surface area (Å²) in [7, 11) is 0. The number of benzene rings is 1. The molecule has 10 nitrogen and oxygen atoms in total. The van der Waals surface area contributed by atoms with E-state index in [1.807, 2.05) is 5.43 Å². The van der Waals surface area contributed by atoms with Crippen molar-refractivity contribution in [3.8, 4) is 5.69 Å². The van der Waals surface area contributed by atoms with Crippen molar-refractivity contribution in [1.82, 2.24) is 20.3 Å². The number of hydrogen-bond donors (Lipinski definition) is 2. The highest BCUT2D eigenvalue weighted by atomic mass is 16.6. The van der Waals surface area contributed by atoms with E-state index in [9.17, 15) is 14.9 Å². The summed E-state index contributed by atoms with van der Waals surface area (Å²) in [6.07, 6.45) is 1.60. The smallest absolute Gasteiger partial charge is 0.300 e. The number of nitrogens with one attached hydrogen (secondary N) is 1. The number of non-ortho nitro benzene ring substituents is 1. The topological polar surface area (TPSA) is 142 Å². The van der Waals surface area contributed by atoms with Crippen LogP contribution in [-0.4, -0.2) is 25.7 Å². The average molecular weight is 288 g/mol. The molecule has 0 aliphatic carbocycles. The van der Waals surface area contributed by atoms with Crippen molar-refractivity contribution in [3.05, 3.63) is 46.3 Å². The monoisotopic (exact) mass is 288 g/mol. The number of rotatable bonds is 3.